The fourth-order valence-corrected chi connectivity index (χ4v) is 5.62. The number of benzene rings is 1. The van der Waals surface area contributed by atoms with Gasteiger partial charge in [-0.1, -0.05) is 81.7 Å². The molecule has 1 aromatic rings. The molecule has 4 atom stereocenters. The Morgan fingerprint density at radius 2 is 1.33 bits per heavy atom. The van der Waals surface area contributed by atoms with Gasteiger partial charge in [-0.05, 0) is 45.1 Å². The molecular weight excluding hydrogens is 592 g/mol. The predicted molar refractivity (Wildman–Crippen MR) is 173 cm³/mol. The summed E-state index contributed by atoms with van der Waals surface area (Å²) in [6.07, 6.45) is 11.5. The molecule has 1 heterocycles. The first-order valence-corrected chi connectivity index (χ1v) is 16.7. The fourth-order valence-electron chi connectivity index (χ4n) is 5.62. The van der Waals surface area contributed by atoms with Crippen LogP contribution in [0.15, 0.2) is 30.3 Å². The highest BCUT2D eigenvalue weighted by atomic mass is 16.4. The van der Waals surface area contributed by atoms with Gasteiger partial charge in [-0.3, -0.25) is 24.0 Å². The largest absolute Gasteiger partial charge is 0.481 e. The average Bonchev–Trinajstić information content (AvgIpc) is 3.51. The summed E-state index contributed by atoms with van der Waals surface area (Å²) < 4.78 is 0. The van der Waals surface area contributed by atoms with E-state index in [0.29, 0.717) is 25.8 Å². The van der Waals surface area contributed by atoms with Crippen LogP contribution in [0, 0.1) is 0 Å². The van der Waals surface area contributed by atoms with Crippen molar-refractivity contribution in [2.45, 2.75) is 134 Å². The first-order chi connectivity index (χ1) is 22.0. The number of nitrogens with zero attached hydrogens (tertiary/aromatic N) is 1. The average molecular weight is 645 g/mol. The normalized spacial score (nSPS) is 16.2. The number of unbranched alkanes of at least 4 members (excludes halogenated alkanes) is 9. The number of carbonyl (C=O) groups is 6. The van der Waals surface area contributed by atoms with Crippen molar-refractivity contribution in [1.82, 2.24) is 20.9 Å². The molecule has 1 aliphatic heterocycles. The van der Waals surface area contributed by atoms with E-state index in [-0.39, 0.29) is 18.7 Å². The first-order valence-electron chi connectivity index (χ1n) is 16.7. The molecule has 2 rings (SSSR count). The van der Waals surface area contributed by atoms with Crippen molar-refractivity contribution in [3.63, 3.8) is 0 Å². The minimum absolute atomic E-state index is 0.110. The van der Waals surface area contributed by atoms with Crippen molar-refractivity contribution in [1.29, 1.82) is 0 Å². The summed E-state index contributed by atoms with van der Waals surface area (Å²) in [5, 5.41) is 26.2. The molecule has 12 heteroatoms. The molecule has 256 valence electrons. The van der Waals surface area contributed by atoms with E-state index < -0.39 is 53.8 Å². The third-order valence-electron chi connectivity index (χ3n) is 8.28. The van der Waals surface area contributed by atoms with Crippen LogP contribution in [0.5, 0.6) is 0 Å². The molecule has 1 fully saturated rings. The molecular formula is C34H52N4O8. The molecule has 12 nitrogen and oxygen atoms in total. The Labute approximate surface area is 272 Å². The monoisotopic (exact) mass is 644 g/mol. The van der Waals surface area contributed by atoms with E-state index in [1.807, 2.05) is 6.07 Å². The summed E-state index contributed by atoms with van der Waals surface area (Å²) in [6.45, 7) is 3.39. The maximum atomic E-state index is 13.2. The molecule has 0 saturated carbocycles. The first kappa shape index (κ1) is 38.2. The maximum Gasteiger partial charge on any atom is 0.326 e. The van der Waals surface area contributed by atoms with Crippen molar-refractivity contribution in [3.8, 4) is 0 Å². The van der Waals surface area contributed by atoms with Crippen molar-refractivity contribution in [3.05, 3.63) is 35.9 Å². The molecule has 0 aromatic heterocycles. The van der Waals surface area contributed by atoms with Gasteiger partial charge in [-0.2, -0.15) is 0 Å². The number of aliphatic carboxylic acids is 2. The van der Waals surface area contributed by atoms with Gasteiger partial charge in [0.2, 0.25) is 23.6 Å². The predicted octanol–water partition coefficient (Wildman–Crippen LogP) is 3.56. The highest BCUT2D eigenvalue weighted by Gasteiger charge is 2.38. The Balaban J connectivity index is 1.67. The number of rotatable bonds is 22. The van der Waals surface area contributed by atoms with Gasteiger partial charge in [0, 0.05) is 25.8 Å². The molecule has 5 N–H and O–H groups in total. The van der Waals surface area contributed by atoms with Crippen LogP contribution < -0.4 is 16.0 Å². The second-order valence-electron chi connectivity index (χ2n) is 12.2. The second-order valence-corrected chi connectivity index (χ2v) is 12.2. The van der Waals surface area contributed by atoms with Gasteiger partial charge in [-0.25, -0.2) is 4.79 Å². The number of likely N-dealkylation sites (tertiary alicyclic amines) is 1. The number of hydrogen-bond donors (Lipinski definition) is 5. The Kier molecular flexibility index (Phi) is 17.4. The van der Waals surface area contributed by atoms with Gasteiger partial charge in [0.15, 0.2) is 0 Å². The summed E-state index contributed by atoms with van der Waals surface area (Å²) >= 11 is 0. The van der Waals surface area contributed by atoms with Gasteiger partial charge in [-0.15, -0.1) is 0 Å². The van der Waals surface area contributed by atoms with Gasteiger partial charge >= 0.3 is 11.9 Å². The zero-order valence-electron chi connectivity index (χ0n) is 27.3. The summed E-state index contributed by atoms with van der Waals surface area (Å²) in [7, 11) is 0. The van der Waals surface area contributed by atoms with Crippen LogP contribution in [0.3, 0.4) is 0 Å². The minimum Gasteiger partial charge on any atom is -0.481 e. The van der Waals surface area contributed by atoms with Crippen LogP contribution in [-0.4, -0.2) is 81.4 Å². The van der Waals surface area contributed by atoms with Crippen molar-refractivity contribution in [2.75, 3.05) is 6.54 Å². The number of hydrogen-bond acceptors (Lipinski definition) is 6. The van der Waals surface area contributed by atoms with E-state index in [0.717, 1.165) is 69.8 Å². The zero-order valence-corrected chi connectivity index (χ0v) is 27.3. The molecule has 46 heavy (non-hydrogen) atoms. The van der Waals surface area contributed by atoms with Gasteiger partial charge in [0.05, 0.1) is 0 Å². The lowest BCUT2D eigenvalue weighted by atomic mass is 10.0. The molecule has 0 aliphatic carbocycles. The number of carboxylic acids is 2. The van der Waals surface area contributed by atoms with Crippen LogP contribution in [0.1, 0.15) is 109 Å². The maximum absolute atomic E-state index is 13.2. The Morgan fingerprint density at radius 1 is 0.761 bits per heavy atom. The van der Waals surface area contributed by atoms with Gasteiger partial charge in [0.1, 0.15) is 24.2 Å². The standard InChI is InChI=1S/C34H52N4O8/c1-24(35-29(39)20-14-9-7-5-3-4-6-8-10-15-21-30(40)41)31(42)36-25(2)33(44)38-22-16-19-28(38)32(43)37-27(34(45)46)23-26-17-12-11-13-18-26/h11-13,17-18,24-25,27-28H,3-10,14-16,19-23H2,1-2H3,(H,35,39)(H,36,42)(H,37,43)(H,40,41)(H,45,46)/t24-,25-,27-,28-/m0/s1. The second kappa shape index (κ2) is 21.0. The van der Waals surface area contributed by atoms with E-state index in [1.165, 1.54) is 11.8 Å². The Hall–Kier alpha value is -3.96. The molecule has 0 spiro atoms. The quantitative estimate of drug-likeness (QED) is 0.119. The summed E-state index contributed by atoms with van der Waals surface area (Å²) in [5.74, 6) is -3.64. The van der Waals surface area contributed by atoms with Crippen molar-refractivity contribution in [2.24, 2.45) is 0 Å². The third kappa shape index (κ3) is 14.4. The van der Waals surface area contributed by atoms with Crippen LogP contribution in [-0.2, 0) is 35.2 Å². The van der Waals surface area contributed by atoms with E-state index >= 15 is 0 Å². The van der Waals surface area contributed by atoms with E-state index in [9.17, 15) is 33.9 Å². The number of amides is 4. The Morgan fingerprint density at radius 3 is 1.89 bits per heavy atom. The van der Waals surface area contributed by atoms with E-state index in [2.05, 4.69) is 16.0 Å². The van der Waals surface area contributed by atoms with Crippen molar-refractivity contribution >= 4 is 35.6 Å². The summed E-state index contributed by atoms with van der Waals surface area (Å²) in [4.78, 5) is 75.1. The van der Waals surface area contributed by atoms with Crippen LogP contribution in [0.25, 0.3) is 0 Å². The van der Waals surface area contributed by atoms with Crippen LogP contribution in [0.2, 0.25) is 0 Å². The highest BCUT2D eigenvalue weighted by Crippen LogP contribution is 2.19. The topological polar surface area (TPSA) is 182 Å². The number of carbonyl (C=O) groups excluding carboxylic acids is 4. The number of nitrogens with one attached hydrogen (secondary N) is 3. The lowest BCUT2D eigenvalue weighted by molar-refractivity contribution is -0.144. The molecule has 0 bridgehead atoms. The van der Waals surface area contributed by atoms with Crippen LogP contribution in [0.4, 0.5) is 0 Å². The summed E-state index contributed by atoms with van der Waals surface area (Å²) in [6, 6.07) is 5.20. The lowest BCUT2D eigenvalue weighted by Gasteiger charge is -2.28. The molecule has 1 aliphatic rings. The highest BCUT2D eigenvalue weighted by molar-refractivity contribution is 5.95. The Bertz CT molecular complexity index is 1150. The van der Waals surface area contributed by atoms with Crippen molar-refractivity contribution < 1.29 is 39.0 Å². The fraction of sp³-hybridized carbons (Fsp3) is 0.647. The van der Waals surface area contributed by atoms with Crippen LogP contribution >= 0.6 is 0 Å². The molecule has 1 aromatic carbocycles. The molecule has 4 amide bonds. The third-order valence-corrected chi connectivity index (χ3v) is 8.28. The van der Waals surface area contributed by atoms with Gasteiger partial charge < -0.3 is 31.1 Å². The molecule has 0 radical (unpaired) electrons. The molecule has 1 saturated heterocycles. The lowest BCUT2D eigenvalue weighted by Crippen LogP contribution is -2.56. The number of carboxylic acid groups (broad SMARTS) is 2. The smallest absolute Gasteiger partial charge is 0.326 e. The minimum atomic E-state index is -1.17. The summed E-state index contributed by atoms with van der Waals surface area (Å²) in [5.41, 5.74) is 0.762. The SMILES string of the molecule is C[C@H](NC(=O)CCCCCCCCCCCCC(=O)O)C(=O)N[C@@H](C)C(=O)N1CCC[C@H]1C(=O)N[C@@H](Cc1ccccc1)C(=O)O. The molecule has 0 unspecified atom stereocenters. The van der Waals surface area contributed by atoms with E-state index in [1.54, 1.807) is 31.2 Å². The van der Waals surface area contributed by atoms with E-state index in [4.69, 9.17) is 5.11 Å². The zero-order chi connectivity index (χ0) is 33.9. The van der Waals surface area contributed by atoms with Gasteiger partial charge in [0.25, 0.3) is 0 Å².